The van der Waals surface area contributed by atoms with Gasteiger partial charge in [-0.1, -0.05) is 15.9 Å². The van der Waals surface area contributed by atoms with Crippen molar-refractivity contribution in [1.29, 1.82) is 0 Å². The number of ether oxygens (including phenoxy) is 2. The van der Waals surface area contributed by atoms with Gasteiger partial charge in [-0.15, -0.1) is 5.01 Å². The molecule has 1 aromatic rings. The molecule has 0 radical (unpaired) electrons. The van der Waals surface area contributed by atoms with E-state index in [1.54, 1.807) is 13.0 Å². The molecule has 3 rings (SSSR count). The van der Waals surface area contributed by atoms with Crippen LogP contribution in [0.1, 0.15) is 24.0 Å². The zero-order valence-electron chi connectivity index (χ0n) is 16.6. The number of carboxylic acids is 1. The predicted octanol–water partition coefficient (Wildman–Crippen LogP) is 1.25. The average molecular weight is 526 g/mol. The summed E-state index contributed by atoms with van der Waals surface area (Å²) in [6.07, 6.45) is -5.64. The summed E-state index contributed by atoms with van der Waals surface area (Å²) in [7, 11) is 0. The molecule has 176 valence electrons. The molecule has 2 aliphatic heterocycles. The maximum Gasteiger partial charge on any atom is 0.430 e. The Morgan fingerprint density at radius 1 is 1.44 bits per heavy atom. The van der Waals surface area contributed by atoms with Crippen molar-refractivity contribution in [1.82, 2.24) is 10.6 Å². The number of carboxylic acid groups (broad SMARTS) is 1. The lowest BCUT2D eigenvalue weighted by Crippen LogP contribution is -3.20. The number of esters is 1. The first-order valence-corrected chi connectivity index (χ1v) is 10.1. The standard InChI is InChI=1S/C18H19BrF3N3O7/c1-9-5-11(19)6-10-7-12(15(18(20,21)22)32-14(9)10)17(28)30-8-31-23-25(29)24-4-2-3-13(24)16(26)27/h5-7,13,15,23,25H,2-4,8H2,1H3,(H,26,27)/t13-,15-/m0/s1. The van der Waals surface area contributed by atoms with Crippen molar-refractivity contribution >= 4 is 33.9 Å². The minimum atomic E-state index is -4.89. The number of benzene rings is 1. The van der Waals surface area contributed by atoms with Crippen molar-refractivity contribution in [2.24, 2.45) is 0 Å². The van der Waals surface area contributed by atoms with Crippen LogP contribution in [0.15, 0.2) is 22.2 Å². The van der Waals surface area contributed by atoms with E-state index in [1.807, 2.05) is 5.59 Å². The number of halogens is 4. The normalized spacial score (nSPS) is 22.0. The molecule has 0 amide bonds. The Morgan fingerprint density at radius 3 is 2.81 bits per heavy atom. The maximum absolute atomic E-state index is 13.5. The van der Waals surface area contributed by atoms with Crippen LogP contribution in [0.25, 0.3) is 6.08 Å². The molecule has 1 aromatic carbocycles. The number of fused-ring (bicyclic) bond motifs is 1. The minimum absolute atomic E-state index is 0.00538. The van der Waals surface area contributed by atoms with Crippen LogP contribution in [0.4, 0.5) is 13.2 Å². The van der Waals surface area contributed by atoms with Gasteiger partial charge in [0.05, 0.1) is 12.1 Å². The highest BCUT2D eigenvalue weighted by molar-refractivity contribution is 9.10. The van der Waals surface area contributed by atoms with Crippen LogP contribution < -0.4 is 15.6 Å². The van der Waals surface area contributed by atoms with E-state index in [0.717, 1.165) is 11.1 Å². The Bertz CT molecular complexity index is 928. The zero-order chi connectivity index (χ0) is 23.6. The van der Waals surface area contributed by atoms with Gasteiger partial charge in [0.15, 0.2) is 6.04 Å². The van der Waals surface area contributed by atoms with Crippen LogP contribution in [0.5, 0.6) is 5.75 Å². The number of quaternary nitrogens is 1. The quantitative estimate of drug-likeness (QED) is 0.208. The SMILES string of the molecule is Cc1cc(Br)cc2c1O[C@H](C(F)(F)F)C(C(=O)OCON[NH+]([O-])N1CCC[C@H]1C(=O)O)=C2. The molecule has 0 bridgehead atoms. The number of rotatable bonds is 7. The van der Waals surface area contributed by atoms with Crippen molar-refractivity contribution in [3.05, 3.63) is 38.5 Å². The number of nitrogens with zero attached hydrogens (tertiary/aromatic N) is 1. The highest BCUT2D eigenvalue weighted by atomic mass is 79.9. The van der Waals surface area contributed by atoms with E-state index >= 15 is 0 Å². The lowest BCUT2D eigenvalue weighted by molar-refractivity contribution is -1.04. The first-order chi connectivity index (χ1) is 15.0. The summed E-state index contributed by atoms with van der Waals surface area (Å²) in [6.45, 7) is 0.861. The van der Waals surface area contributed by atoms with E-state index in [9.17, 15) is 28.0 Å². The van der Waals surface area contributed by atoms with Crippen LogP contribution in [0.2, 0.25) is 0 Å². The van der Waals surface area contributed by atoms with Gasteiger partial charge in [-0.25, -0.2) is 9.63 Å². The van der Waals surface area contributed by atoms with E-state index in [-0.39, 0.29) is 24.3 Å². The fourth-order valence-electron chi connectivity index (χ4n) is 3.44. The number of hydrogen-bond donors (Lipinski definition) is 3. The number of carbonyl (C=O) groups excluding carboxylic acids is 1. The van der Waals surface area contributed by atoms with Crippen LogP contribution in [-0.4, -0.2) is 53.7 Å². The van der Waals surface area contributed by atoms with Gasteiger partial charge in [-0.2, -0.15) is 18.5 Å². The first-order valence-electron chi connectivity index (χ1n) is 9.32. The van der Waals surface area contributed by atoms with Crippen molar-refractivity contribution in [2.75, 3.05) is 13.3 Å². The Labute approximate surface area is 188 Å². The summed E-state index contributed by atoms with van der Waals surface area (Å²) in [5.74, 6) is -2.53. The second kappa shape index (κ2) is 9.72. The third-order valence-corrected chi connectivity index (χ3v) is 5.30. The smallest absolute Gasteiger partial charge is 0.430 e. The van der Waals surface area contributed by atoms with Gasteiger partial charge >= 0.3 is 18.1 Å². The summed E-state index contributed by atoms with van der Waals surface area (Å²) in [5.41, 5.74) is 1.82. The maximum atomic E-state index is 13.5. The molecular weight excluding hydrogens is 507 g/mol. The fraction of sp³-hybridized carbons (Fsp3) is 0.444. The molecule has 1 saturated heterocycles. The van der Waals surface area contributed by atoms with E-state index < -0.39 is 47.9 Å². The van der Waals surface area contributed by atoms with Crippen LogP contribution in [0, 0.1) is 12.1 Å². The molecule has 14 heteroatoms. The second-order valence-electron chi connectivity index (χ2n) is 7.07. The van der Waals surface area contributed by atoms with Crippen molar-refractivity contribution < 1.29 is 47.5 Å². The van der Waals surface area contributed by atoms with Gasteiger partial charge in [0.25, 0.3) is 0 Å². The molecule has 3 N–H and O–H groups in total. The third-order valence-electron chi connectivity index (χ3n) is 4.84. The Balaban J connectivity index is 1.63. The Hall–Kier alpha value is -2.23. The molecular formula is C18H19BrF3N3O7. The largest absolute Gasteiger partial charge is 0.591 e. The third kappa shape index (κ3) is 5.39. The van der Waals surface area contributed by atoms with Gasteiger partial charge in [-0.05, 0) is 49.1 Å². The van der Waals surface area contributed by atoms with Gasteiger partial charge in [0, 0.05) is 10.0 Å². The zero-order valence-corrected chi connectivity index (χ0v) is 18.2. The van der Waals surface area contributed by atoms with Gasteiger partial charge < -0.3 is 19.8 Å². The summed E-state index contributed by atoms with van der Waals surface area (Å²) in [5, 5.41) is 21.2. The lowest BCUT2D eigenvalue weighted by atomic mass is 9.99. The van der Waals surface area contributed by atoms with Gasteiger partial charge in [-0.3, -0.25) is 4.79 Å². The van der Waals surface area contributed by atoms with Crippen LogP contribution in [0.3, 0.4) is 0 Å². The van der Waals surface area contributed by atoms with Crippen molar-refractivity contribution in [3.8, 4) is 5.75 Å². The fourth-order valence-corrected chi connectivity index (χ4v) is 4.03. The molecule has 0 aliphatic carbocycles. The summed E-state index contributed by atoms with van der Waals surface area (Å²) in [4.78, 5) is 28.1. The van der Waals surface area contributed by atoms with Crippen molar-refractivity contribution in [2.45, 2.75) is 38.1 Å². The molecule has 3 atom stereocenters. The molecule has 2 heterocycles. The molecule has 1 fully saturated rings. The molecule has 2 aliphatic rings. The number of nitrogens with one attached hydrogen (secondary N) is 2. The number of hydrogen-bond acceptors (Lipinski definition) is 8. The Morgan fingerprint density at radius 2 is 2.16 bits per heavy atom. The average Bonchev–Trinajstić information content (AvgIpc) is 3.19. The molecule has 0 saturated carbocycles. The highest BCUT2D eigenvalue weighted by Crippen LogP contribution is 2.40. The lowest BCUT2D eigenvalue weighted by Gasteiger charge is -2.31. The molecule has 32 heavy (non-hydrogen) atoms. The highest BCUT2D eigenvalue weighted by Gasteiger charge is 2.49. The first kappa shape index (κ1) is 24.4. The van der Waals surface area contributed by atoms with Crippen LogP contribution in [-0.2, 0) is 19.2 Å². The number of carbonyl (C=O) groups is 2. The number of aliphatic carboxylic acids is 1. The van der Waals surface area contributed by atoms with E-state index in [1.165, 1.54) is 6.07 Å². The monoisotopic (exact) mass is 525 g/mol. The molecule has 0 spiro atoms. The van der Waals surface area contributed by atoms with Gasteiger partial charge in [0.1, 0.15) is 5.75 Å². The van der Waals surface area contributed by atoms with Gasteiger partial charge in [0.2, 0.25) is 12.9 Å². The van der Waals surface area contributed by atoms with E-state index in [0.29, 0.717) is 16.5 Å². The second-order valence-corrected chi connectivity index (χ2v) is 7.99. The predicted molar refractivity (Wildman–Crippen MR) is 104 cm³/mol. The van der Waals surface area contributed by atoms with E-state index in [2.05, 4.69) is 15.9 Å². The summed E-state index contributed by atoms with van der Waals surface area (Å²) >= 11 is 3.23. The number of alkyl halides is 3. The molecule has 10 nitrogen and oxygen atoms in total. The van der Waals surface area contributed by atoms with E-state index in [4.69, 9.17) is 19.4 Å². The molecule has 0 aromatic heterocycles. The summed E-state index contributed by atoms with van der Waals surface area (Å²) in [6, 6.07) is 2.06. The van der Waals surface area contributed by atoms with Crippen LogP contribution >= 0.6 is 15.9 Å². The topological polar surface area (TPSA) is 125 Å². The van der Waals surface area contributed by atoms with Crippen molar-refractivity contribution in [3.63, 3.8) is 0 Å². The minimum Gasteiger partial charge on any atom is -0.591 e. The Kier molecular flexibility index (Phi) is 7.42. The number of aryl methyl sites for hydroxylation is 1. The summed E-state index contributed by atoms with van der Waals surface area (Å²) < 4.78 is 50.9. The molecule has 1 unspecified atom stereocenters.